The Bertz CT molecular complexity index is 299. The van der Waals surface area contributed by atoms with E-state index < -0.39 is 6.43 Å². The van der Waals surface area contributed by atoms with Crippen LogP contribution in [0.1, 0.15) is 5.56 Å². The van der Waals surface area contributed by atoms with Gasteiger partial charge in [0, 0.05) is 5.56 Å². The maximum Gasteiger partial charge on any atom is 0.339 e. The lowest BCUT2D eigenvalue weighted by Gasteiger charge is -1.98. The summed E-state index contributed by atoms with van der Waals surface area (Å²) < 4.78 is 34.0. The molecular formula is C8H5F2O2. The number of hydrogen-bond donors (Lipinski definition) is 0. The Labute approximate surface area is 67.7 Å². The van der Waals surface area contributed by atoms with Gasteiger partial charge in [0.2, 0.25) is 6.79 Å². The van der Waals surface area contributed by atoms with Crippen molar-refractivity contribution in [2.24, 2.45) is 0 Å². The maximum atomic E-state index is 12.1. The Balaban J connectivity index is 2.39. The van der Waals surface area contributed by atoms with Crippen molar-refractivity contribution in [2.45, 2.75) is 0 Å². The quantitative estimate of drug-likeness (QED) is 0.644. The second kappa shape index (κ2) is 2.62. The number of halogens is 2. The van der Waals surface area contributed by atoms with Crippen LogP contribution in [0.4, 0.5) is 8.78 Å². The molecule has 0 bridgehead atoms. The molecule has 1 aliphatic heterocycles. The van der Waals surface area contributed by atoms with Gasteiger partial charge < -0.3 is 9.47 Å². The van der Waals surface area contributed by atoms with Crippen LogP contribution in [-0.4, -0.2) is 6.79 Å². The van der Waals surface area contributed by atoms with E-state index in [0.29, 0.717) is 11.5 Å². The minimum absolute atomic E-state index is 0.104. The van der Waals surface area contributed by atoms with Crippen LogP contribution in [-0.2, 0) is 0 Å². The lowest BCUT2D eigenvalue weighted by atomic mass is 10.2. The van der Waals surface area contributed by atoms with Gasteiger partial charge in [0.15, 0.2) is 11.5 Å². The fourth-order valence-corrected chi connectivity index (χ4v) is 1.01. The van der Waals surface area contributed by atoms with E-state index >= 15 is 0 Å². The Morgan fingerprint density at radius 3 is 2.67 bits per heavy atom. The zero-order chi connectivity index (χ0) is 8.55. The molecule has 0 spiro atoms. The van der Waals surface area contributed by atoms with Gasteiger partial charge in [-0.05, 0) is 18.2 Å². The van der Waals surface area contributed by atoms with Crippen molar-refractivity contribution in [3.05, 3.63) is 30.2 Å². The topological polar surface area (TPSA) is 18.5 Å². The standard InChI is InChI=1S/C8H5F2O2/c9-8(10)5-1-2-6-7(3-5)12-4-11-6/h1-3H,4H2. The molecule has 0 aliphatic carbocycles. The molecule has 63 valence electrons. The summed E-state index contributed by atoms with van der Waals surface area (Å²) in [5.74, 6) is 0.889. The summed E-state index contributed by atoms with van der Waals surface area (Å²) >= 11 is 0. The first kappa shape index (κ1) is 7.34. The number of fused-ring (bicyclic) bond motifs is 1. The van der Waals surface area contributed by atoms with Gasteiger partial charge in [0.05, 0.1) is 0 Å². The first-order valence-corrected chi connectivity index (χ1v) is 3.35. The van der Waals surface area contributed by atoms with Crippen molar-refractivity contribution in [1.29, 1.82) is 0 Å². The van der Waals surface area contributed by atoms with E-state index in [1.165, 1.54) is 18.2 Å². The zero-order valence-electron chi connectivity index (χ0n) is 6.01. The van der Waals surface area contributed by atoms with Crippen molar-refractivity contribution in [2.75, 3.05) is 6.79 Å². The third-order valence-corrected chi connectivity index (χ3v) is 1.59. The summed E-state index contributed by atoms with van der Waals surface area (Å²) in [5, 5.41) is 0. The molecule has 0 saturated carbocycles. The van der Waals surface area contributed by atoms with Crippen molar-refractivity contribution in [3.8, 4) is 11.5 Å². The molecule has 0 aromatic heterocycles. The molecule has 0 amide bonds. The minimum atomic E-state index is -1.71. The highest BCUT2D eigenvalue weighted by atomic mass is 19.3. The minimum Gasteiger partial charge on any atom is -0.454 e. The van der Waals surface area contributed by atoms with Crippen LogP contribution < -0.4 is 9.47 Å². The average molecular weight is 171 g/mol. The van der Waals surface area contributed by atoms with Crippen LogP contribution in [0, 0.1) is 6.43 Å². The van der Waals surface area contributed by atoms with Crippen LogP contribution in [0.15, 0.2) is 18.2 Å². The molecule has 1 radical (unpaired) electrons. The van der Waals surface area contributed by atoms with E-state index in [0.717, 1.165) is 0 Å². The average Bonchev–Trinajstić information content (AvgIpc) is 2.49. The lowest BCUT2D eigenvalue weighted by Crippen LogP contribution is -1.92. The van der Waals surface area contributed by atoms with Crippen LogP contribution in [0.2, 0.25) is 0 Å². The fourth-order valence-electron chi connectivity index (χ4n) is 1.01. The molecule has 1 aromatic rings. The van der Waals surface area contributed by atoms with E-state index in [-0.39, 0.29) is 12.4 Å². The predicted molar refractivity (Wildman–Crippen MR) is 37.1 cm³/mol. The fraction of sp³-hybridized carbons (Fsp3) is 0.125. The zero-order valence-corrected chi connectivity index (χ0v) is 6.01. The molecule has 0 N–H and O–H groups in total. The van der Waals surface area contributed by atoms with E-state index in [1.54, 1.807) is 0 Å². The Morgan fingerprint density at radius 2 is 1.92 bits per heavy atom. The summed E-state index contributed by atoms with van der Waals surface area (Å²) in [6, 6.07) is 4.03. The smallest absolute Gasteiger partial charge is 0.339 e. The van der Waals surface area contributed by atoms with Gasteiger partial charge >= 0.3 is 6.43 Å². The van der Waals surface area contributed by atoms with Crippen LogP contribution in [0.25, 0.3) is 0 Å². The predicted octanol–water partition coefficient (Wildman–Crippen LogP) is 2.19. The molecule has 0 saturated heterocycles. The Kier molecular flexibility index (Phi) is 1.60. The van der Waals surface area contributed by atoms with E-state index in [4.69, 9.17) is 9.47 Å². The van der Waals surface area contributed by atoms with Gasteiger partial charge in [-0.15, -0.1) is 0 Å². The van der Waals surface area contributed by atoms with Gasteiger partial charge in [-0.25, -0.2) is 0 Å². The highest BCUT2D eigenvalue weighted by Crippen LogP contribution is 2.34. The van der Waals surface area contributed by atoms with E-state index in [9.17, 15) is 8.78 Å². The van der Waals surface area contributed by atoms with Gasteiger partial charge in [0.1, 0.15) is 0 Å². The van der Waals surface area contributed by atoms with Gasteiger partial charge in [-0.1, -0.05) is 0 Å². The molecule has 2 nitrogen and oxygen atoms in total. The van der Waals surface area contributed by atoms with Gasteiger partial charge in [-0.3, -0.25) is 0 Å². The second-order valence-electron chi connectivity index (χ2n) is 2.33. The summed E-state index contributed by atoms with van der Waals surface area (Å²) in [5.41, 5.74) is -0.126. The maximum absolute atomic E-state index is 12.1. The number of rotatable bonds is 1. The largest absolute Gasteiger partial charge is 0.454 e. The molecule has 1 aromatic carbocycles. The van der Waals surface area contributed by atoms with Gasteiger partial charge in [0.25, 0.3) is 0 Å². The first-order valence-electron chi connectivity index (χ1n) is 3.35. The normalized spacial score (nSPS) is 13.9. The highest BCUT2D eigenvalue weighted by molar-refractivity contribution is 5.46. The van der Waals surface area contributed by atoms with Crippen molar-refractivity contribution < 1.29 is 18.3 Å². The van der Waals surface area contributed by atoms with E-state index in [2.05, 4.69) is 0 Å². The van der Waals surface area contributed by atoms with Crippen LogP contribution in [0.3, 0.4) is 0 Å². The Hall–Kier alpha value is -1.32. The molecule has 0 atom stereocenters. The summed E-state index contributed by atoms with van der Waals surface area (Å²) in [7, 11) is 0. The molecule has 0 unspecified atom stereocenters. The van der Waals surface area contributed by atoms with Crippen molar-refractivity contribution >= 4 is 0 Å². The van der Waals surface area contributed by atoms with Crippen LogP contribution in [0.5, 0.6) is 11.5 Å². The number of hydrogen-bond acceptors (Lipinski definition) is 2. The third-order valence-electron chi connectivity index (χ3n) is 1.59. The first-order chi connectivity index (χ1) is 5.77. The Morgan fingerprint density at radius 1 is 1.17 bits per heavy atom. The third kappa shape index (κ3) is 1.09. The SMILES string of the molecule is F[C](F)c1ccc2c(c1)OCO2. The highest BCUT2D eigenvalue weighted by Gasteiger charge is 2.17. The second-order valence-corrected chi connectivity index (χ2v) is 2.33. The van der Waals surface area contributed by atoms with Gasteiger partial charge in [-0.2, -0.15) is 8.78 Å². The van der Waals surface area contributed by atoms with E-state index in [1.807, 2.05) is 0 Å². The number of ether oxygens (including phenoxy) is 2. The monoisotopic (exact) mass is 171 g/mol. The summed E-state index contributed by atoms with van der Waals surface area (Å²) in [6.07, 6.45) is -1.71. The molecule has 1 aliphatic rings. The van der Waals surface area contributed by atoms with Crippen molar-refractivity contribution in [3.63, 3.8) is 0 Å². The molecule has 12 heavy (non-hydrogen) atoms. The number of benzene rings is 1. The molecule has 2 rings (SSSR count). The molecule has 4 heteroatoms. The van der Waals surface area contributed by atoms with Crippen molar-refractivity contribution in [1.82, 2.24) is 0 Å². The summed E-state index contributed by atoms with van der Waals surface area (Å²) in [6.45, 7) is 0.104. The molecular weight excluding hydrogens is 166 g/mol. The summed E-state index contributed by atoms with van der Waals surface area (Å²) in [4.78, 5) is 0. The molecule has 1 heterocycles. The molecule has 0 fully saturated rings. The lowest BCUT2D eigenvalue weighted by molar-refractivity contribution is 0.174. The van der Waals surface area contributed by atoms with Crippen LogP contribution >= 0.6 is 0 Å².